The molecule has 23 heavy (non-hydrogen) atoms. The van der Waals surface area contributed by atoms with Crippen LogP contribution < -0.4 is 5.32 Å². The van der Waals surface area contributed by atoms with Gasteiger partial charge in [0.2, 0.25) is 0 Å². The molecule has 0 aromatic heterocycles. The molecule has 0 radical (unpaired) electrons. The Labute approximate surface area is 135 Å². The van der Waals surface area contributed by atoms with Gasteiger partial charge in [-0.15, -0.1) is 6.58 Å². The summed E-state index contributed by atoms with van der Waals surface area (Å²) in [4.78, 5) is 43.0. The van der Waals surface area contributed by atoms with Crippen LogP contribution in [0.15, 0.2) is 12.7 Å². The van der Waals surface area contributed by atoms with Crippen LogP contribution in [0, 0.1) is 0 Å². The highest BCUT2D eigenvalue weighted by atomic mass is 16.7. The molecule has 1 N–H and O–H groups in total. The molecule has 0 unspecified atom stereocenters. The van der Waals surface area contributed by atoms with E-state index < -0.39 is 23.8 Å². The molecule has 0 aliphatic carbocycles. The number of nitrogens with zero attached hydrogens (tertiary/aromatic N) is 2. The average Bonchev–Trinajstić information content (AvgIpc) is 2.72. The topological polar surface area (TPSA) is 88.2 Å². The number of rotatable bonds is 5. The summed E-state index contributed by atoms with van der Waals surface area (Å²) in [5.74, 6) is -0.0767. The second kappa shape index (κ2) is 6.57. The van der Waals surface area contributed by atoms with E-state index >= 15 is 0 Å². The lowest BCUT2D eigenvalue weighted by Gasteiger charge is -2.30. The summed E-state index contributed by atoms with van der Waals surface area (Å²) in [6.07, 6.45) is 1.12. The van der Waals surface area contributed by atoms with E-state index in [0.29, 0.717) is 0 Å². The first kappa shape index (κ1) is 17.3. The van der Waals surface area contributed by atoms with E-state index in [2.05, 4.69) is 11.9 Å². The zero-order valence-electron chi connectivity index (χ0n) is 13.7. The first-order valence-electron chi connectivity index (χ1n) is 7.56. The van der Waals surface area contributed by atoms with Gasteiger partial charge in [-0.2, -0.15) is 5.06 Å². The van der Waals surface area contributed by atoms with Gasteiger partial charge < -0.3 is 15.0 Å². The summed E-state index contributed by atoms with van der Waals surface area (Å²) in [5, 5.41) is 3.72. The number of ether oxygens (including phenoxy) is 1. The lowest BCUT2D eigenvalue weighted by atomic mass is 9.99. The maximum Gasteiger partial charge on any atom is 0.407 e. The number of alkyl carbamates (subject to hydrolysis) is 1. The van der Waals surface area contributed by atoms with Crippen molar-refractivity contribution >= 4 is 17.9 Å². The number of hydrogen-bond donors (Lipinski definition) is 1. The molecule has 2 atom stereocenters. The van der Waals surface area contributed by atoms with Crippen LogP contribution in [-0.4, -0.2) is 65.3 Å². The number of hydrogen-bond acceptors (Lipinski definition) is 5. The Morgan fingerprint density at radius 1 is 1.43 bits per heavy atom. The minimum absolute atomic E-state index is 0.0767. The number of hydroxylamine groups is 2. The van der Waals surface area contributed by atoms with Crippen molar-refractivity contribution in [3.8, 4) is 0 Å². The second-order valence-electron chi connectivity index (χ2n) is 6.57. The van der Waals surface area contributed by atoms with Crippen LogP contribution in [0.2, 0.25) is 0 Å². The van der Waals surface area contributed by atoms with Crippen molar-refractivity contribution in [3.05, 3.63) is 12.7 Å². The Bertz CT molecular complexity index is 514. The van der Waals surface area contributed by atoms with E-state index in [1.165, 1.54) is 6.08 Å². The van der Waals surface area contributed by atoms with Crippen LogP contribution in [0.1, 0.15) is 27.2 Å². The van der Waals surface area contributed by atoms with Crippen molar-refractivity contribution in [2.45, 2.75) is 44.9 Å². The molecule has 0 aromatic carbocycles. The zero-order chi connectivity index (χ0) is 17.2. The predicted molar refractivity (Wildman–Crippen MR) is 81.5 cm³/mol. The molecule has 2 heterocycles. The average molecular weight is 325 g/mol. The highest BCUT2D eigenvalue weighted by molar-refractivity contribution is 5.94. The van der Waals surface area contributed by atoms with Gasteiger partial charge in [0.1, 0.15) is 11.6 Å². The van der Waals surface area contributed by atoms with Crippen LogP contribution in [0.3, 0.4) is 0 Å². The van der Waals surface area contributed by atoms with E-state index in [1.54, 1.807) is 25.7 Å². The van der Waals surface area contributed by atoms with E-state index in [-0.39, 0.29) is 37.9 Å². The van der Waals surface area contributed by atoms with E-state index in [1.807, 2.05) is 0 Å². The number of piperidine rings is 1. The molecule has 2 fully saturated rings. The monoisotopic (exact) mass is 325 g/mol. The number of fused-ring (bicyclic) bond motifs is 2. The van der Waals surface area contributed by atoms with Gasteiger partial charge in [0.25, 0.3) is 0 Å². The molecule has 2 aliphatic rings. The van der Waals surface area contributed by atoms with Crippen molar-refractivity contribution in [1.82, 2.24) is 15.3 Å². The number of carbonyl (C=O) groups excluding carboxylic acids is 3. The molecular formula is C15H23N3O5. The Kier molecular flexibility index (Phi) is 4.93. The van der Waals surface area contributed by atoms with Crippen molar-refractivity contribution in [1.29, 1.82) is 0 Å². The quantitative estimate of drug-likeness (QED) is 0.764. The Morgan fingerprint density at radius 2 is 2.13 bits per heavy atom. The summed E-state index contributed by atoms with van der Waals surface area (Å²) < 4.78 is 5.15. The second-order valence-corrected chi connectivity index (χ2v) is 6.57. The van der Waals surface area contributed by atoms with Gasteiger partial charge in [0.15, 0.2) is 5.78 Å². The van der Waals surface area contributed by atoms with Gasteiger partial charge in [0.05, 0.1) is 19.2 Å². The summed E-state index contributed by atoms with van der Waals surface area (Å²) in [5.41, 5.74) is -0.601. The minimum Gasteiger partial charge on any atom is -0.444 e. The van der Waals surface area contributed by atoms with Gasteiger partial charge in [0, 0.05) is 13.0 Å². The molecule has 8 heteroatoms. The number of amides is 3. The highest BCUT2D eigenvalue weighted by Gasteiger charge is 2.50. The van der Waals surface area contributed by atoms with Gasteiger partial charge in [-0.05, 0) is 20.8 Å². The third-order valence-corrected chi connectivity index (χ3v) is 3.55. The molecule has 2 rings (SSSR count). The number of carbonyl (C=O) groups is 3. The number of urea groups is 1. The Balaban J connectivity index is 1.95. The predicted octanol–water partition coefficient (Wildman–Crippen LogP) is 1.08. The molecule has 0 aromatic rings. The summed E-state index contributed by atoms with van der Waals surface area (Å²) in [7, 11) is 0. The van der Waals surface area contributed by atoms with E-state index in [0.717, 1.165) is 5.06 Å². The van der Waals surface area contributed by atoms with Crippen molar-refractivity contribution in [2.75, 3.05) is 19.7 Å². The standard InChI is InChI=1S/C15H23N3O5/c1-5-6-22-18-11-9-17(14(18)21)10(7-12(11)19)8-16-13(20)23-15(2,3)4/h5,10-11H,1,6-9H2,2-4H3,(H,16,20)/t10-,11-/m0/s1. The third kappa shape index (κ3) is 4.01. The first-order chi connectivity index (χ1) is 10.7. The number of ketones is 1. The largest absolute Gasteiger partial charge is 0.444 e. The molecule has 2 bridgehead atoms. The molecule has 2 aliphatic heterocycles. The summed E-state index contributed by atoms with van der Waals surface area (Å²) in [6.45, 7) is 9.40. The maximum atomic E-state index is 12.3. The number of nitrogens with one attached hydrogen (secondary N) is 1. The maximum absolute atomic E-state index is 12.3. The number of Topliss-reactive ketones (excluding diaryl/α,β-unsaturated/α-hetero) is 1. The molecule has 3 amide bonds. The fourth-order valence-corrected chi connectivity index (χ4v) is 2.59. The normalized spacial score (nSPS) is 24.0. The first-order valence-corrected chi connectivity index (χ1v) is 7.56. The fraction of sp³-hybridized carbons (Fsp3) is 0.667. The van der Waals surface area contributed by atoms with Crippen LogP contribution in [0.5, 0.6) is 0 Å². The smallest absolute Gasteiger partial charge is 0.407 e. The SMILES string of the molecule is C=CCON1C(=O)N2C[C@H]1C(=O)C[C@H]2CNC(=O)OC(C)(C)C. The van der Waals surface area contributed by atoms with Gasteiger partial charge in [-0.1, -0.05) is 6.08 Å². The Hall–Kier alpha value is -2.09. The van der Waals surface area contributed by atoms with Crippen molar-refractivity contribution in [2.24, 2.45) is 0 Å². The summed E-state index contributed by atoms with van der Waals surface area (Å²) in [6, 6.07) is -1.34. The summed E-state index contributed by atoms with van der Waals surface area (Å²) >= 11 is 0. The van der Waals surface area contributed by atoms with Crippen LogP contribution >= 0.6 is 0 Å². The fourth-order valence-electron chi connectivity index (χ4n) is 2.59. The molecule has 0 spiro atoms. The molecule has 2 saturated heterocycles. The van der Waals surface area contributed by atoms with Crippen LogP contribution in [0.25, 0.3) is 0 Å². The lowest BCUT2D eigenvalue weighted by Crippen LogP contribution is -2.50. The zero-order valence-corrected chi connectivity index (χ0v) is 13.7. The Morgan fingerprint density at radius 3 is 2.74 bits per heavy atom. The lowest BCUT2D eigenvalue weighted by molar-refractivity contribution is -0.146. The van der Waals surface area contributed by atoms with E-state index in [4.69, 9.17) is 9.57 Å². The van der Waals surface area contributed by atoms with Gasteiger partial charge in [-0.3, -0.25) is 9.63 Å². The molecule has 128 valence electrons. The van der Waals surface area contributed by atoms with Crippen LogP contribution in [0.4, 0.5) is 9.59 Å². The minimum atomic E-state index is -0.601. The van der Waals surface area contributed by atoms with Crippen molar-refractivity contribution in [3.63, 3.8) is 0 Å². The molecular weight excluding hydrogens is 302 g/mol. The third-order valence-electron chi connectivity index (χ3n) is 3.55. The highest BCUT2D eigenvalue weighted by Crippen LogP contribution is 2.27. The van der Waals surface area contributed by atoms with Crippen LogP contribution in [-0.2, 0) is 14.4 Å². The van der Waals surface area contributed by atoms with Gasteiger partial charge >= 0.3 is 12.1 Å². The van der Waals surface area contributed by atoms with Gasteiger partial charge in [-0.25, -0.2) is 9.59 Å². The molecule has 0 saturated carbocycles. The molecule has 8 nitrogen and oxygen atoms in total. The van der Waals surface area contributed by atoms with Crippen molar-refractivity contribution < 1.29 is 24.0 Å². The van der Waals surface area contributed by atoms with E-state index in [9.17, 15) is 14.4 Å².